The summed E-state index contributed by atoms with van der Waals surface area (Å²) in [5.74, 6) is -0.0870. The van der Waals surface area contributed by atoms with Crippen LogP contribution in [0.5, 0.6) is 0 Å². The van der Waals surface area contributed by atoms with E-state index in [1.807, 2.05) is 18.4 Å². The third kappa shape index (κ3) is 3.22. The van der Waals surface area contributed by atoms with Gasteiger partial charge in [0.25, 0.3) is 5.91 Å². The number of carbonyl (C=O) groups excluding carboxylic acids is 1. The second-order valence-corrected chi connectivity index (χ2v) is 6.85. The molecule has 7 heteroatoms. The number of nitrogens with zero attached hydrogens (tertiary/aromatic N) is 2. The van der Waals surface area contributed by atoms with Crippen LogP contribution in [0.2, 0.25) is 0 Å². The first-order chi connectivity index (χ1) is 9.02. The highest BCUT2D eigenvalue weighted by molar-refractivity contribution is 9.10. The van der Waals surface area contributed by atoms with Gasteiger partial charge < -0.3 is 10.6 Å². The first kappa shape index (κ1) is 14.6. The Morgan fingerprint density at radius 1 is 1.53 bits per heavy atom. The van der Waals surface area contributed by atoms with Crippen LogP contribution in [0, 0.1) is 0 Å². The van der Waals surface area contributed by atoms with Crippen LogP contribution in [-0.2, 0) is 0 Å². The molecule has 0 saturated heterocycles. The molecule has 0 saturated carbocycles. The zero-order valence-electron chi connectivity index (χ0n) is 10.6. The number of hydrogen-bond donors (Lipinski definition) is 1. The molecule has 0 spiro atoms. The Morgan fingerprint density at radius 2 is 2.26 bits per heavy atom. The van der Waals surface area contributed by atoms with E-state index in [1.165, 1.54) is 11.3 Å². The zero-order chi connectivity index (χ0) is 14.0. The number of amides is 1. The topological polar surface area (TPSA) is 59.2 Å². The van der Waals surface area contributed by atoms with E-state index in [0.717, 1.165) is 14.4 Å². The number of hydrogen-bond acceptors (Lipinski definition) is 5. The third-order valence-corrected chi connectivity index (χ3v) is 5.53. The van der Waals surface area contributed by atoms with Crippen LogP contribution in [0.3, 0.4) is 0 Å². The van der Waals surface area contributed by atoms with Crippen LogP contribution in [0.4, 0.5) is 0 Å². The lowest BCUT2D eigenvalue weighted by atomic mass is 10.3. The van der Waals surface area contributed by atoms with Crippen molar-refractivity contribution in [3.63, 3.8) is 0 Å². The molecule has 1 atom stereocenters. The Kier molecular flexibility index (Phi) is 4.72. The van der Waals surface area contributed by atoms with Gasteiger partial charge in [-0.2, -0.15) is 0 Å². The van der Waals surface area contributed by atoms with Gasteiger partial charge in [0, 0.05) is 34.9 Å². The van der Waals surface area contributed by atoms with Crippen molar-refractivity contribution in [1.82, 2.24) is 9.88 Å². The Balaban J connectivity index is 2.19. The molecular weight excluding hydrogens is 346 g/mol. The predicted molar refractivity (Wildman–Crippen MR) is 83.7 cm³/mol. The largest absolute Gasteiger partial charge is 0.336 e. The zero-order valence-corrected chi connectivity index (χ0v) is 13.8. The summed E-state index contributed by atoms with van der Waals surface area (Å²) >= 11 is 6.50. The van der Waals surface area contributed by atoms with E-state index in [2.05, 4.69) is 20.9 Å². The summed E-state index contributed by atoms with van der Waals surface area (Å²) in [7, 11) is 1.75. The molecule has 0 fully saturated rings. The summed E-state index contributed by atoms with van der Waals surface area (Å²) in [6, 6.07) is 2.01. The van der Waals surface area contributed by atoms with Gasteiger partial charge in [-0.05, 0) is 28.9 Å². The average Bonchev–Trinajstić information content (AvgIpc) is 3.04. The van der Waals surface area contributed by atoms with Crippen LogP contribution in [0.15, 0.2) is 21.3 Å². The van der Waals surface area contributed by atoms with Gasteiger partial charge in [0.15, 0.2) is 0 Å². The maximum Gasteiger partial charge on any atom is 0.273 e. The first-order valence-electron chi connectivity index (χ1n) is 5.70. The van der Waals surface area contributed by atoms with E-state index >= 15 is 0 Å². The molecule has 2 aromatic rings. The number of aromatic nitrogens is 1. The molecular formula is C12H14BrN3OS2. The highest BCUT2D eigenvalue weighted by Gasteiger charge is 2.19. The van der Waals surface area contributed by atoms with E-state index in [1.54, 1.807) is 28.7 Å². The fraction of sp³-hybridized carbons (Fsp3) is 0.333. The highest BCUT2D eigenvalue weighted by Crippen LogP contribution is 2.32. The molecule has 0 aliphatic carbocycles. The van der Waals surface area contributed by atoms with Gasteiger partial charge in [0.2, 0.25) is 0 Å². The lowest BCUT2D eigenvalue weighted by Gasteiger charge is -2.22. The molecule has 2 rings (SSSR count). The minimum absolute atomic E-state index is 0.00790. The van der Waals surface area contributed by atoms with Crippen LogP contribution < -0.4 is 5.73 Å². The van der Waals surface area contributed by atoms with E-state index in [-0.39, 0.29) is 11.9 Å². The molecule has 1 unspecified atom stereocenters. The number of rotatable bonds is 4. The average molecular weight is 360 g/mol. The van der Waals surface area contributed by atoms with E-state index in [4.69, 9.17) is 5.73 Å². The van der Waals surface area contributed by atoms with Crippen LogP contribution >= 0.6 is 38.6 Å². The molecule has 0 aliphatic heterocycles. The molecule has 1 amide bonds. The van der Waals surface area contributed by atoms with Crippen molar-refractivity contribution in [2.45, 2.75) is 13.0 Å². The van der Waals surface area contributed by atoms with Crippen molar-refractivity contribution in [3.8, 4) is 9.88 Å². The Hall–Kier alpha value is -0.760. The van der Waals surface area contributed by atoms with Crippen LogP contribution in [0.1, 0.15) is 17.4 Å². The second kappa shape index (κ2) is 6.13. The minimum atomic E-state index is -0.0870. The molecule has 102 valence electrons. The summed E-state index contributed by atoms with van der Waals surface area (Å²) in [6.45, 7) is 2.36. The second-order valence-electron chi connectivity index (χ2n) is 4.17. The van der Waals surface area contributed by atoms with Crippen molar-refractivity contribution in [1.29, 1.82) is 0 Å². The van der Waals surface area contributed by atoms with Crippen molar-refractivity contribution in [2.75, 3.05) is 13.6 Å². The first-order valence-corrected chi connectivity index (χ1v) is 8.25. The number of carbonyl (C=O) groups is 1. The lowest BCUT2D eigenvalue weighted by molar-refractivity contribution is 0.0743. The van der Waals surface area contributed by atoms with Crippen molar-refractivity contribution in [2.24, 2.45) is 5.73 Å². The summed E-state index contributed by atoms with van der Waals surface area (Å²) in [4.78, 5) is 19.3. The van der Waals surface area contributed by atoms with Crippen LogP contribution in [-0.4, -0.2) is 35.4 Å². The standard InChI is InChI=1S/C12H14BrN3OS2/c1-7(4-14)16(2)12(17)9-6-19-11(15-9)10-3-8(13)5-18-10/h3,5-7H,4,14H2,1-2H3. The molecule has 2 aromatic heterocycles. The summed E-state index contributed by atoms with van der Waals surface area (Å²) in [6.07, 6.45) is 0. The molecule has 2 N–H and O–H groups in total. The smallest absolute Gasteiger partial charge is 0.273 e. The van der Waals surface area contributed by atoms with Crippen molar-refractivity contribution in [3.05, 3.63) is 27.0 Å². The number of thiazole rings is 1. The number of likely N-dealkylation sites (N-methyl/N-ethyl adjacent to an activating group) is 1. The predicted octanol–water partition coefficient (Wildman–Crippen LogP) is 3.05. The molecule has 0 bridgehead atoms. The molecule has 0 radical (unpaired) electrons. The SMILES string of the molecule is CC(CN)N(C)C(=O)c1csc(-c2cc(Br)cs2)n1. The monoisotopic (exact) mass is 359 g/mol. The minimum Gasteiger partial charge on any atom is -0.336 e. The van der Waals surface area contributed by atoms with Gasteiger partial charge in [-0.1, -0.05) is 0 Å². The molecule has 19 heavy (non-hydrogen) atoms. The summed E-state index contributed by atoms with van der Waals surface area (Å²) in [5.41, 5.74) is 6.05. The Bertz CT molecular complexity index is 581. The Morgan fingerprint density at radius 3 is 2.84 bits per heavy atom. The van der Waals surface area contributed by atoms with Crippen LogP contribution in [0.25, 0.3) is 9.88 Å². The van der Waals surface area contributed by atoms with Gasteiger partial charge in [-0.3, -0.25) is 4.79 Å². The van der Waals surface area contributed by atoms with Gasteiger partial charge in [-0.15, -0.1) is 22.7 Å². The van der Waals surface area contributed by atoms with Crippen molar-refractivity contribution >= 4 is 44.5 Å². The van der Waals surface area contributed by atoms with Gasteiger partial charge in [0.1, 0.15) is 10.7 Å². The lowest BCUT2D eigenvalue weighted by Crippen LogP contribution is -2.39. The molecule has 4 nitrogen and oxygen atoms in total. The molecule has 0 aliphatic rings. The molecule has 0 aromatic carbocycles. The quantitative estimate of drug-likeness (QED) is 0.912. The van der Waals surface area contributed by atoms with Gasteiger partial charge in [-0.25, -0.2) is 4.98 Å². The van der Waals surface area contributed by atoms with E-state index in [0.29, 0.717) is 12.2 Å². The molecule has 2 heterocycles. The van der Waals surface area contributed by atoms with Gasteiger partial charge >= 0.3 is 0 Å². The summed E-state index contributed by atoms with van der Waals surface area (Å²) in [5, 5.41) is 4.67. The highest BCUT2D eigenvalue weighted by atomic mass is 79.9. The number of thiophene rings is 1. The summed E-state index contributed by atoms with van der Waals surface area (Å²) < 4.78 is 1.03. The fourth-order valence-corrected chi connectivity index (χ4v) is 3.75. The Labute approximate surface area is 128 Å². The van der Waals surface area contributed by atoms with Gasteiger partial charge in [0.05, 0.1) is 4.88 Å². The maximum atomic E-state index is 12.2. The van der Waals surface area contributed by atoms with E-state index in [9.17, 15) is 4.79 Å². The number of nitrogens with two attached hydrogens (primary N) is 1. The normalized spacial score (nSPS) is 12.4. The fourth-order valence-electron chi connectivity index (χ4n) is 1.45. The number of halogens is 1. The van der Waals surface area contributed by atoms with E-state index < -0.39 is 0 Å². The van der Waals surface area contributed by atoms with Crippen molar-refractivity contribution < 1.29 is 4.79 Å². The third-order valence-electron chi connectivity index (χ3n) is 2.82. The maximum absolute atomic E-state index is 12.2.